The molecule has 1 aromatic heterocycles. The van der Waals surface area contributed by atoms with E-state index < -0.39 is 0 Å². The lowest BCUT2D eigenvalue weighted by Crippen LogP contribution is -2.47. The second kappa shape index (κ2) is 4.71. The highest BCUT2D eigenvalue weighted by atomic mass is 16.2. The largest absolute Gasteiger partial charge is 0.378 e. The van der Waals surface area contributed by atoms with Crippen LogP contribution >= 0.6 is 0 Å². The molecule has 22 heavy (non-hydrogen) atoms. The fourth-order valence-corrected chi connectivity index (χ4v) is 3.69. The van der Waals surface area contributed by atoms with Crippen LogP contribution in [0.2, 0.25) is 0 Å². The molecule has 0 aliphatic carbocycles. The molecule has 2 aliphatic heterocycles. The van der Waals surface area contributed by atoms with E-state index in [1.54, 1.807) is 0 Å². The van der Waals surface area contributed by atoms with Crippen LogP contribution in [0.1, 0.15) is 16.9 Å². The van der Waals surface area contributed by atoms with E-state index in [2.05, 4.69) is 22.1 Å². The highest BCUT2D eigenvalue weighted by Gasteiger charge is 2.44. The van der Waals surface area contributed by atoms with Gasteiger partial charge in [-0.05, 0) is 31.7 Å². The SMILES string of the molecule is CN(C)c1ccc2[nH]nc(C(=O)N3C[C@@H]4C[C@H]3CN4C)c2c1. The monoisotopic (exact) mass is 299 g/mol. The van der Waals surface area contributed by atoms with Gasteiger partial charge in [-0.15, -0.1) is 0 Å². The number of anilines is 1. The average Bonchev–Trinajstić information content (AvgIpc) is 3.18. The van der Waals surface area contributed by atoms with E-state index in [9.17, 15) is 4.79 Å². The van der Waals surface area contributed by atoms with Crippen LogP contribution in [0.3, 0.4) is 0 Å². The summed E-state index contributed by atoms with van der Waals surface area (Å²) in [6, 6.07) is 6.90. The van der Waals surface area contributed by atoms with Gasteiger partial charge in [0.25, 0.3) is 5.91 Å². The fraction of sp³-hybridized carbons (Fsp3) is 0.500. The molecule has 1 amide bonds. The summed E-state index contributed by atoms with van der Waals surface area (Å²) < 4.78 is 0. The molecule has 2 saturated heterocycles. The normalized spacial score (nSPS) is 24.4. The van der Waals surface area contributed by atoms with Crippen LogP contribution in [-0.4, -0.2) is 72.2 Å². The van der Waals surface area contributed by atoms with Crippen molar-refractivity contribution in [2.45, 2.75) is 18.5 Å². The van der Waals surface area contributed by atoms with Crippen LogP contribution in [-0.2, 0) is 0 Å². The van der Waals surface area contributed by atoms with Crippen molar-refractivity contribution in [3.05, 3.63) is 23.9 Å². The molecule has 4 rings (SSSR count). The van der Waals surface area contributed by atoms with E-state index in [1.165, 1.54) is 0 Å². The third-order valence-electron chi connectivity index (χ3n) is 5.04. The van der Waals surface area contributed by atoms with E-state index in [4.69, 9.17) is 0 Å². The van der Waals surface area contributed by atoms with Crippen molar-refractivity contribution >= 4 is 22.5 Å². The number of nitrogens with zero attached hydrogens (tertiary/aromatic N) is 4. The van der Waals surface area contributed by atoms with Crippen LogP contribution in [0.5, 0.6) is 0 Å². The molecule has 0 radical (unpaired) electrons. The number of aromatic amines is 1. The van der Waals surface area contributed by atoms with Crippen LogP contribution in [0.25, 0.3) is 10.9 Å². The predicted molar refractivity (Wildman–Crippen MR) is 86.3 cm³/mol. The van der Waals surface area contributed by atoms with Gasteiger partial charge in [0, 0.05) is 50.3 Å². The maximum absolute atomic E-state index is 12.9. The van der Waals surface area contributed by atoms with Gasteiger partial charge >= 0.3 is 0 Å². The van der Waals surface area contributed by atoms with E-state index in [0.29, 0.717) is 17.8 Å². The number of nitrogens with one attached hydrogen (secondary N) is 1. The maximum atomic E-state index is 12.9. The Morgan fingerprint density at radius 3 is 2.77 bits per heavy atom. The smallest absolute Gasteiger partial charge is 0.275 e. The Hall–Kier alpha value is -2.08. The number of hydrogen-bond donors (Lipinski definition) is 1. The topological polar surface area (TPSA) is 55.5 Å². The molecule has 2 atom stereocenters. The van der Waals surface area contributed by atoms with Gasteiger partial charge in [-0.2, -0.15) is 5.10 Å². The third-order valence-corrected chi connectivity index (χ3v) is 5.04. The Bertz CT molecular complexity index is 735. The lowest BCUT2D eigenvalue weighted by atomic mass is 10.1. The number of likely N-dealkylation sites (tertiary alicyclic amines) is 2. The first-order chi connectivity index (χ1) is 10.5. The maximum Gasteiger partial charge on any atom is 0.275 e. The van der Waals surface area contributed by atoms with E-state index in [0.717, 1.165) is 36.1 Å². The van der Waals surface area contributed by atoms with Gasteiger partial charge in [-0.3, -0.25) is 14.8 Å². The minimum absolute atomic E-state index is 0.0581. The molecule has 2 fully saturated rings. The van der Waals surface area contributed by atoms with Crippen molar-refractivity contribution < 1.29 is 4.79 Å². The summed E-state index contributed by atoms with van der Waals surface area (Å²) >= 11 is 0. The Balaban J connectivity index is 1.69. The second-order valence-electron chi connectivity index (χ2n) is 6.64. The fourth-order valence-electron chi connectivity index (χ4n) is 3.69. The summed E-state index contributed by atoms with van der Waals surface area (Å²) in [6.45, 7) is 1.80. The van der Waals surface area contributed by atoms with Crippen molar-refractivity contribution in [3.8, 4) is 0 Å². The average molecular weight is 299 g/mol. The molecular formula is C16H21N5O. The first kappa shape index (κ1) is 13.6. The number of amides is 1. The molecule has 6 nitrogen and oxygen atoms in total. The van der Waals surface area contributed by atoms with Crippen molar-refractivity contribution in [1.82, 2.24) is 20.0 Å². The first-order valence-corrected chi connectivity index (χ1v) is 7.71. The second-order valence-corrected chi connectivity index (χ2v) is 6.64. The van der Waals surface area contributed by atoms with Crippen molar-refractivity contribution in [2.75, 3.05) is 39.1 Å². The summed E-state index contributed by atoms with van der Waals surface area (Å²) in [5, 5.41) is 8.19. The van der Waals surface area contributed by atoms with Gasteiger partial charge in [-0.1, -0.05) is 0 Å². The lowest BCUT2D eigenvalue weighted by Gasteiger charge is -2.31. The molecule has 2 aromatic rings. The number of carbonyl (C=O) groups excluding carboxylic acids is 1. The third kappa shape index (κ3) is 1.90. The summed E-state index contributed by atoms with van der Waals surface area (Å²) in [6.07, 6.45) is 1.09. The molecule has 116 valence electrons. The molecule has 6 heteroatoms. The predicted octanol–water partition coefficient (Wildman–Crippen LogP) is 1.16. The zero-order chi connectivity index (χ0) is 15.4. The minimum atomic E-state index is 0.0581. The number of H-pyrrole nitrogens is 1. The molecule has 1 aromatic carbocycles. The molecule has 2 bridgehead atoms. The van der Waals surface area contributed by atoms with Crippen molar-refractivity contribution in [1.29, 1.82) is 0 Å². The molecule has 0 saturated carbocycles. The summed E-state index contributed by atoms with van der Waals surface area (Å²) in [7, 11) is 6.13. The Kier molecular flexibility index (Phi) is 2.91. The van der Waals surface area contributed by atoms with Gasteiger partial charge in [0.05, 0.1) is 5.52 Å². The molecule has 0 spiro atoms. The molecule has 3 heterocycles. The van der Waals surface area contributed by atoms with Crippen LogP contribution in [0, 0.1) is 0 Å². The summed E-state index contributed by atoms with van der Waals surface area (Å²) in [5.74, 6) is 0.0581. The number of aromatic nitrogens is 2. The van der Waals surface area contributed by atoms with Crippen molar-refractivity contribution in [2.24, 2.45) is 0 Å². The number of likely N-dealkylation sites (N-methyl/N-ethyl adjacent to an activating group) is 1. The van der Waals surface area contributed by atoms with Crippen LogP contribution < -0.4 is 4.90 Å². The summed E-state index contributed by atoms with van der Waals surface area (Å²) in [4.78, 5) is 19.3. The van der Waals surface area contributed by atoms with Crippen LogP contribution in [0.4, 0.5) is 5.69 Å². The van der Waals surface area contributed by atoms with Crippen LogP contribution in [0.15, 0.2) is 18.2 Å². The van der Waals surface area contributed by atoms with E-state index in [1.807, 2.05) is 42.1 Å². The Morgan fingerprint density at radius 2 is 2.14 bits per heavy atom. The van der Waals surface area contributed by atoms with Gasteiger partial charge in [0.15, 0.2) is 5.69 Å². The molecule has 1 N–H and O–H groups in total. The Morgan fingerprint density at radius 1 is 1.32 bits per heavy atom. The molecule has 0 unspecified atom stereocenters. The van der Waals surface area contributed by atoms with Gasteiger partial charge < -0.3 is 9.80 Å². The number of benzene rings is 1. The lowest BCUT2D eigenvalue weighted by molar-refractivity contribution is 0.0646. The number of fused-ring (bicyclic) bond motifs is 3. The zero-order valence-corrected chi connectivity index (χ0v) is 13.2. The quantitative estimate of drug-likeness (QED) is 0.904. The number of carbonyl (C=O) groups is 1. The Labute approximate surface area is 129 Å². The highest BCUT2D eigenvalue weighted by Crippen LogP contribution is 2.31. The zero-order valence-electron chi connectivity index (χ0n) is 13.2. The molecule has 2 aliphatic rings. The molecular weight excluding hydrogens is 278 g/mol. The minimum Gasteiger partial charge on any atom is -0.378 e. The van der Waals surface area contributed by atoms with Gasteiger partial charge in [0.2, 0.25) is 0 Å². The number of piperazine rings is 1. The summed E-state index contributed by atoms with van der Waals surface area (Å²) in [5.41, 5.74) is 2.54. The van der Waals surface area contributed by atoms with E-state index >= 15 is 0 Å². The first-order valence-electron chi connectivity index (χ1n) is 7.71. The number of rotatable bonds is 2. The van der Waals surface area contributed by atoms with Gasteiger partial charge in [-0.25, -0.2) is 0 Å². The van der Waals surface area contributed by atoms with Crippen molar-refractivity contribution in [3.63, 3.8) is 0 Å². The van der Waals surface area contributed by atoms with Gasteiger partial charge in [0.1, 0.15) is 0 Å². The van der Waals surface area contributed by atoms with E-state index in [-0.39, 0.29) is 5.91 Å². The highest BCUT2D eigenvalue weighted by molar-refractivity contribution is 6.05. The number of hydrogen-bond acceptors (Lipinski definition) is 4. The standard InChI is InChI=1S/C16H21N5O/c1-19(2)10-4-5-14-13(7-10)15(18-17-14)16(22)21-9-11-6-12(21)8-20(11)3/h4-5,7,11-12H,6,8-9H2,1-3H3,(H,17,18)/t11-,12-/m0/s1.